The number of sulfonamides is 1. The van der Waals surface area contributed by atoms with E-state index in [1.165, 1.54) is 13.2 Å². The number of amides is 1. The molecule has 2 aromatic rings. The average molecular weight is 383 g/mol. The molecular weight excluding hydrogens is 364 g/mol. The third-order valence-corrected chi connectivity index (χ3v) is 4.88. The van der Waals surface area contributed by atoms with E-state index in [4.69, 9.17) is 16.3 Å². The van der Waals surface area contributed by atoms with Crippen LogP contribution in [0, 0.1) is 6.92 Å². The molecule has 0 aromatic heterocycles. The minimum atomic E-state index is -3.61. The average Bonchev–Trinajstić information content (AvgIpc) is 2.53. The fourth-order valence-electron chi connectivity index (χ4n) is 2.19. The summed E-state index contributed by atoms with van der Waals surface area (Å²) >= 11 is 6.02. The Morgan fingerprint density at radius 2 is 1.84 bits per heavy atom. The summed E-state index contributed by atoms with van der Waals surface area (Å²) in [5.41, 5.74) is 1.87. The van der Waals surface area contributed by atoms with Crippen molar-refractivity contribution in [3.63, 3.8) is 0 Å². The van der Waals surface area contributed by atoms with E-state index >= 15 is 0 Å². The number of halogens is 1. The highest BCUT2D eigenvalue weighted by atomic mass is 35.5. The normalized spacial score (nSPS) is 11.0. The number of hydrogen-bond donors (Lipinski definition) is 1. The number of rotatable bonds is 6. The van der Waals surface area contributed by atoms with Gasteiger partial charge in [0.25, 0.3) is 0 Å². The van der Waals surface area contributed by atoms with Gasteiger partial charge in [0.05, 0.1) is 24.1 Å². The third-order valence-electron chi connectivity index (χ3n) is 3.45. The molecule has 1 N–H and O–H groups in total. The summed E-state index contributed by atoms with van der Waals surface area (Å²) in [6.45, 7) is 1.56. The second-order valence-corrected chi connectivity index (χ2v) is 7.82. The molecule has 6 nitrogen and oxygen atoms in total. The molecule has 0 spiro atoms. The Bertz CT molecular complexity index is 867. The molecule has 0 saturated carbocycles. The zero-order chi connectivity index (χ0) is 18.6. The molecule has 0 atom stereocenters. The number of carbonyl (C=O) groups excluding carboxylic acids is 1. The first-order valence-corrected chi connectivity index (χ1v) is 9.61. The van der Waals surface area contributed by atoms with Crippen molar-refractivity contribution in [1.29, 1.82) is 0 Å². The van der Waals surface area contributed by atoms with Gasteiger partial charge in [0, 0.05) is 5.69 Å². The van der Waals surface area contributed by atoms with Crippen molar-refractivity contribution in [2.75, 3.05) is 29.5 Å². The van der Waals surface area contributed by atoms with Crippen molar-refractivity contribution in [2.24, 2.45) is 0 Å². The van der Waals surface area contributed by atoms with Crippen LogP contribution in [0.2, 0.25) is 5.02 Å². The Kier molecular flexibility index (Phi) is 5.92. The Hall–Kier alpha value is -2.25. The fourth-order valence-corrected chi connectivity index (χ4v) is 3.30. The molecule has 0 aliphatic heterocycles. The standard InChI is InChI=1S/C17H19ClN2O4S/c1-12-4-7-14(8-5-12)20(25(3,22)23)11-17(21)19-13-6-9-16(24-2)15(18)10-13/h4-10H,11H2,1-3H3,(H,19,21). The summed E-state index contributed by atoms with van der Waals surface area (Å²) < 4.78 is 30.2. The van der Waals surface area contributed by atoms with Crippen molar-refractivity contribution in [2.45, 2.75) is 6.92 Å². The molecule has 2 rings (SSSR count). The van der Waals surface area contributed by atoms with Gasteiger partial charge in [-0.25, -0.2) is 8.42 Å². The zero-order valence-electron chi connectivity index (χ0n) is 14.1. The van der Waals surface area contributed by atoms with Crippen LogP contribution in [0.3, 0.4) is 0 Å². The van der Waals surface area contributed by atoms with Gasteiger partial charge < -0.3 is 10.1 Å². The second-order valence-electron chi connectivity index (χ2n) is 5.50. The van der Waals surface area contributed by atoms with E-state index in [0.29, 0.717) is 22.1 Å². The van der Waals surface area contributed by atoms with E-state index in [1.807, 2.05) is 6.92 Å². The quantitative estimate of drug-likeness (QED) is 0.833. The minimum Gasteiger partial charge on any atom is -0.495 e. The van der Waals surface area contributed by atoms with Crippen molar-refractivity contribution in [3.05, 3.63) is 53.1 Å². The highest BCUT2D eigenvalue weighted by Gasteiger charge is 2.21. The first-order valence-electron chi connectivity index (χ1n) is 7.38. The summed E-state index contributed by atoms with van der Waals surface area (Å²) in [4.78, 5) is 12.3. The van der Waals surface area contributed by atoms with Gasteiger partial charge in [0.2, 0.25) is 15.9 Å². The van der Waals surface area contributed by atoms with Crippen LogP contribution in [-0.2, 0) is 14.8 Å². The lowest BCUT2D eigenvalue weighted by Crippen LogP contribution is -2.37. The fraction of sp³-hybridized carbons (Fsp3) is 0.235. The number of aryl methyl sites for hydroxylation is 1. The SMILES string of the molecule is COc1ccc(NC(=O)CN(c2ccc(C)cc2)S(C)(=O)=O)cc1Cl. The largest absolute Gasteiger partial charge is 0.495 e. The Morgan fingerprint density at radius 1 is 1.20 bits per heavy atom. The van der Waals surface area contributed by atoms with E-state index in [2.05, 4.69) is 5.32 Å². The molecular formula is C17H19ClN2O4S. The third kappa shape index (κ3) is 5.11. The molecule has 0 aliphatic rings. The van der Waals surface area contributed by atoms with Gasteiger partial charge in [-0.2, -0.15) is 0 Å². The van der Waals surface area contributed by atoms with Gasteiger partial charge in [-0.05, 0) is 37.3 Å². The Morgan fingerprint density at radius 3 is 2.36 bits per heavy atom. The number of ether oxygens (including phenoxy) is 1. The van der Waals surface area contributed by atoms with Gasteiger partial charge in [-0.3, -0.25) is 9.10 Å². The molecule has 0 saturated heterocycles. The molecule has 2 aromatic carbocycles. The van der Waals surface area contributed by atoms with Crippen LogP contribution >= 0.6 is 11.6 Å². The van der Waals surface area contributed by atoms with Crippen LogP contribution in [0.4, 0.5) is 11.4 Å². The molecule has 0 radical (unpaired) electrons. The number of nitrogens with zero attached hydrogens (tertiary/aromatic N) is 1. The lowest BCUT2D eigenvalue weighted by Gasteiger charge is -2.22. The van der Waals surface area contributed by atoms with Gasteiger partial charge in [-0.1, -0.05) is 29.3 Å². The summed E-state index contributed by atoms with van der Waals surface area (Å²) in [7, 11) is -2.12. The molecule has 0 aliphatic carbocycles. The molecule has 134 valence electrons. The number of methoxy groups -OCH3 is 1. The van der Waals surface area contributed by atoms with Crippen molar-refractivity contribution in [1.82, 2.24) is 0 Å². The van der Waals surface area contributed by atoms with E-state index in [0.717, 1.165) is 16.1 Å². The van der Waals surface area contributed by atoms with Crippen LogP contribution in [0.5, 0.6) is 5.75 Å². The summed E-state index contributed by atoms with van der Waals surface area (Å²) in [6, 6.07) is 11.7. The van der Waals surface area contributed by atoms with Crippen LogP contribution in [-0.4, -0.2) is 34.2 Å². The minimum absolute atomic E-state index is 0.342. The van der Waals surface area contributed by atoms with Gasteiger partial charge >= 0.3 is 0 Å². The number of hydrogen-bond acceptors (Lipinski definition) is 4. The monoisotopic (exact) mass is 382 g/mol. The van der Waals surface area contributed by atoms with Gasteiger partial charge in [0.1, 0.15) is 12.3 Å². The zero-order valence-corrected chi connectivity index (χ0v) is 15.7. The predicted molar refractivity (Wildman–Crippen MR) is 100 cm³/mol. The summed E-state index contributed by atoms with van der Waals surface area (Å²) in [5.74, 6) is 0.00400. The van der Waals surface area contributed by atoms with Gasteiger partial charge in [0.15, 0.2) is 0 Å². The van der Waals surface area contributed by atoms with E-state index in [1.54, 1.807) is 36.4 Å². The molecule has 0 fully saturated rings. The Balaban J connectivity index is 2.17. The lowest BCUT2D eigenvalue weighted by molar-refractivity contribution is -0.114. The smallest absolute Gasteiger partial charge is 0.245 e. The molecule has 0 bridgehead atoms. The summed E-state index contributed by atoms with van der Waals surface area (Å²) in [5, 5.41) is 2.98. The van der Waals surface area contributed by atoms with Gasteiger partial charge in [-0.15, -0.1) is 0 Å². The van der Waals surface area contributed by atoms with Crippen LogP contribution in [0.1, 0.15) is 5.56 Å². The van der Waals surface area contributed by atoms with E-state index in [9.17, 15) is 13.2 Å². The maximum atomic E-state index is 12.3. The summed E-state index contributed by atoms with van der Waals surface area (Å²) in [6.07, 6.45) is 1.06. The van der Waals surface area contributed by atoms with Crippen LogP contribution in [0.25, 0.3) is 0 Å². The molecule has 0 unspecified atom stereocenters. The number of carbonyl (C=O) groups is 1. The number of anilines is 2. The molecule has 1 amide bonds. The first kappa shape index (κ1) is 19.1. The lowest BCUT2D eigenvalue weighted by atomic mass is 10.2. The van der Waals surface area contributed by atoms with E-state index in [-0.39, 0.29) is 6.54 Å². The maximum Gasteiger partial charge on any atom is 0.245 e. The molecule has 25 heavy (non-hydrogen) atoms. The van der Waals surface area contributed by atoms with E-state index < -0.39 is 15.9 Å². The highest BCUT2D eigenvalue weighted by Crippen LogP contribution is 2.27. The number of benzene rings is 2. The number of nitrogens with one attached hydrogen (secondary N) is 1. The van der Waals surface area contributed by atoms with Crippen LogP contribution in [0.15, 0.2) is 42.5 Å². The predicted octanol–water partition coefficient (Wildman–Crippen LogP) is 3.06. The maximum absolute atomic E-state index is 12.3. The molecule has 8 heteroatoms. The first-order chi connectivity index (χ1) is 11.7. The van der Waals surface area contributed by atoms with Crippen molar-refractivity contribution >= 4 is 38.9 Å². The highest BCUT2D eigenvalue weighted by molar-refractivity contribution is 7.92. The second kappa shape index (κ2) is 7.76. The Labute approximate surface area is 152 Å². The van der Waals surface area contributed by atoms with Crippen molar-refractivity contribution in [3.8, 4) is 5.75 Å². The van der Waals surface area contributed by atoms with Crippen molar-refractivity contribution < 1.29 is 17.9 Å². The topological polar surface area (TPSA) is 75.7 Å². The molecule has 0 heterocycles. The van der Waals surface area contributed by atoms with Crippen LogP contribution < -0.4 is 14.4 Å².